The van der Waals surface area contributed by atoms with Crippen molar-refractivity contribution in [2.75, 3.05) is 24.7 Å². The minimum Gasteiger partial charge on any atom is -0.465 e. The Labute approximate surface area is 232 Å². The molecule has 36 heavy (non-hydrogen) atoms. The summed E-state index contributed by atoms with van der Waals surface area (Å²) < 4.78 is 10.6. The number of rotatable bonds is 29. The molecule has 6 heteroatoms. The van der Waals surface area contributed by atoms with Crippen LogP contribution in [0.4, 0.5) is 0 Å². The molecule has 0 heterocycles. The van der Waals surface area contributed by atoms with Crippen molar-refractivity contribution in [1.82, 2.24) is 0 Å². The first-order valence-electron chi connectivity index (χ1n) is 15.3. The number of unbranched alkanes of at least 4 members (excludes halogenated alkanes) is 20. The van der Waals surface area contributed by atoms with Crippen LogP contribution in [0.1, 0.15) is 155 Å². The highest BCUT2D eigenvalue weighted by molar-refractivity contribution is 8.77. The Balaban J connectivity index is 3.27. The first-order valence-corrected chi connectivity index (χ1v) is 17.7. The number of esters is 2. The lowest BCUT2D eigenvalue weighted by Gasteiger charge is -2.06. The Hall–Kier alpha value is -0.360. The first-order chi connectivity index (χ1) is 17.7. The lowest BCUT2D eigenvalue weighted by Crippen LogP contribution is -2.10. The molecule has 0 fully saturated rings. The topological polar surface area (TPSA) is 52.6 Å². The molecule has 0 aliphatic carbocycles. The van der Waals surface area contributed by atoms with E-state index in [9.17, 15) is 9.59 Å². The lowest BCUT2D eigenvalue weighted by molar-refractivity contribution is -0.141. The summed E-state index contributed by atoms with van der Waals surface area (Å²) in [5, 5.41) is 0. The quantitative estimate of drug-likeness (QED) is 0.0528. The zero-order valence-corrected chi connectivity index (χ0v) is 25.5. The van der Waals surface area contributed by atoms with E-state index in [4.69, 9.17) is 9.47 Å². The highest BCUT2D eigenvalue weighted by atomic mass is 33.1. The summed E-state index contributed by atoms with van der Waals surface area (Å²) >= 11 is 0. The molecule has 4 nitrogen and oxygen atoms in total. The number of hydrogen-bond donors (Lipinski definition) is 0. The van der Waals surface area contributed by atoms with Gasteiger partial charge in [-0.15, -0.1) is 0 Å². The van der Waals surface area contributed by atoms with Crippen LogP contribution in [0.3, 0.4) is 0 Å². The predicted molar refractivity (Wildman–Crippen MR) is 160 cm³/mol. The summed E-state index contributed by atoms with van der Waals surface area (Å²) in [6.07, 6.45) is 28.3. The predicted octanol–water partition coefficient (Wildman–Crippen LogP) is 10.1. The molecule has 0 bridgehead atoms. The minimum atomic E-state index is -0.186. The molecular formula is C30H58O4S2. The molecule has 0 aliphatic heterocycles. The van der Waals surface area contributed by atoms with Gasteiger partial charge in [-0.3, -0.25) is 9.59 Å². The van der Waals surface area contributed by atoms with Gasteiger partial charge in [0.2, 0.25) is 0 Å². The van der Waals surface area contributed by atoms with E-state index >= 15 is 0 Å². The van der Waals surface area contributed by atoms with Gasteiger partial charge in [0.05, 0.1) is 13.2 Å². The third kappa shape index (κ3) is 29.9. The Kier molecular flexibility index (Phi) is 30.6. The third-order valence-electron chi connectivity index (χ3n) is 6.46. The smallest absolute Gasteiger partial charge is 0.316 e. The van der Waals surface area contributed by atoms with Gasteiger partial charge in [0.15, 0.2) is 0 Å². The van der Waals surface area contributed by atoms with Gasteiger partial charge in [0.25, 0.3) is 0 Å². The molecule has 0 rings (SSSR count). The molecule has 0 aromatic rings. The van der Waals surface area contributed by atoms with Crippen LogP contribution >= 0.6 is 21.6 Å². The van der Waals surface area contributed by atoms with Gasteiger partial charge in [-0.05, 0) is 12.8 Å². The SMILES string of the molecule is CCCCCCCCCCCCCOC(=O)CSSCC(=O)OCCCCCCCCCCCCC. The van der Waals surface area contributed by atoms with E-state index in [2.05, 4.69) is 13.8 Å². The van der Waals surface area contributed by atoms with Crippen molar-refractivity contribution in [2.24, 2.45) is 0 Å². The molecule has 0 aliphatic rings. The normalized spacial score (nSPS) is 11.1. The summed E-state index contributed by atoms with van der Waals surface area (Å²) in [7, 11) is 2.75. The molecule has 0 saturated carbocycles. The average molecular weight is 547 g/mol. The molecule has 0 atom stereocenters. The molecular weight excluding hydrogens is 488 g/mol. The van der Waals surface area contributed by atoms with Gasteiger partial charge < -0.3 is 9.47 Å². The number of carbonyl (C=O) groups is 2. The zero-order valence-electron chi connectivity index (χ0n) is 23.8. The van der Waals surface area contributed by atoms with Crippen molar-refractivity contribution in [3.05, 3.63) is 0 Å². The van der Waals surface area contributed by atoms with Crippen molar-refractivity contribution >= 4 is 33.5 Å². The molecule has 0 unspecified atom stereocenters. The highest BCUT2D eigenvalue weighted by Crippen LogP contribution is 2.21. The van der Waals surface area contributed by atoms with Gasteiger partial charge in [0, 0.05) is 0 Å². The molecule has 214 valence electrons. The zero-order chi connectivity index (χ0) is 26.4. The Morgan fingerprint density at radius 3 is 0.944 bits per heavy atom. The van der Waals surface area contributed by atoms with E-state index in [0.29, 0.717) is 13.2 Å². The fourth-order valence-corrected chi connectivity index (χ4v) is 5.77. The second kappa shape index (κ2) is 30.9. The van der Waals surface area contributed by atoms with Crippen LogP contribution in [-0.2, 0) is 19.1 Å². The van der Waals surface area contributed by atoms with Crippen molar-refractivity contribution in [3.63, 3.8) is 0 Å². The van der Waals surface area contributed by atoms with Crippen LogP contribution in [-0.4, -0.2) is 36.7 Å². The summed E-state index contributed by atoms with van der Waals surface area (Å²) in [5.41, 5.74) is 0. The van der Waals surface area contributed by atoms with Gasteiger partial charge >= 0.3 is 11.9 Å². The molecule has 0 aromatic heterocycles. The number of carbonyl (C=O) groups excluding carboxylic acids is 2. The average Bonchev–Trinajstić information content (AvgIpc) is 2.88. The van der Waals surface area contributed by atoms with E-state index < -0.39 is 0 Å². The van der Waals surface area contributed by atoms with Crippen molar-refractivity contribution in [3.8, 4) is 0 Å². The first kappa shape index (κ1) is 35.6. The second-order valence-electron chi connectivity index (χ2n) is 10.0. The van der Waals surface area contributed by atoms with Crippen molar-refractivity contribution in [1.29, 1.82) is 0 Å². The van der Waals surface area contributed by atoms with E-state index in [1.54, 1.807) is 0 Å². The summed E-state index contributed by atoms with van der Waals surface area (Å²) in [4.78, 5) is 23.6. The van der Waals surface area contributed by atoms with E-state index in [1.807, 2.05) is 0 Å². The Bertz CT molecular complexity index is 432. The molecule has 0 spiro atoms. The van der Waals surface area contributed by atoms with E-state index in [-0.39, 0.29) is 23.4 Å². The Morgan fingerprint density at radius 1 is 0.417 bits per heavy atom. The molecule has 0 amide bonds. The van der Waals surface area contributed by atoms with Crippen LogP contribution in [0.15, 0.2) is 0 Å². The van der Waals surface area contributed by atoms with Crippen LogP contribution in [0, 0.1) is 0 Å². The maximum atomic E-state index is 11.8. The third-order valence-corrected chi connectivity index (χ3v) is 8.54. The van der Waals surface area contributed by atoms with E-state index in [1.165, 1.54) is 137 Å². The summed E-state index contributed by atoms with van der Waals surface area (Å²) in [6, 6.07) is 0. The van der Waals surface area contributed by atoms with Crippen LogP contribution in [0.2, 0.25) is 0 Å². The summed E-state index contributed by atoms with van der Waals surface area (Å²) in [5.74, 6) is 0.200. The standard InChI is InChI=1S/C30H58O4S2/c1-3-5-7-9-11-13-15-17-19-21-23-25-33-29(31)27-35-36-28-30(32)34-26-24-22-20-18-16-14-12-10-8-6-4-2/h3-28H2,1-2H3. The summed E-state index contributed by atoms with van der Waals surface area (Å²) in [6.45, 7) is 5.55. The largest absolute Gasteiger partial charge is 0.465 e. The molecule has 0 radical (unpaired) electrons. The number of ether oxygens (including phenoxy) is 2. The van der Waals surface area contributed by atoms with Gasteiger partial charge in [-0.2, -0.15) is 0 Å². The number of hydrogen-bond acceptors (Lipinski definition) is 6. The van der Waals surface area contributed by atoms with Crippen LogP contribution < -0.4 is 0 Å². The minimum absolute atomic E-state index is 0.186. The van der Waals surface area contributed by atoms with Crippen LogP contribution in [0.5, 0.6) is 0 Å². The van der Waals surface area contributed by atoms with Crippen molar-refractivity contribution < 1.29 is 19.1 Å². The maximum Gasteiger partial charge on any atom is 0.316 e. The van der Waals surface area contributed by atoms with Gasteiger partial charge in [-0.1, -0.05) is 164 Å². The maximum absolute atomic E-state index is 11.8. The second-order valence-corrected chi connectivity index (χ2v) is 12.5. The fourth-order valence-electron chi connectivity index (χ4n) is 4.17. The lowest BCUT2D eigenvalue weighted by atomic mass is 10.1. The Morgan fingerprint density at radius 2 is 0.667 bits per heavy atom. The fraction of sp³-hybridized carbons (Fsp3) is 0.933. The monoisotopic (exact) mass is 546 g/mol. The van der Waals surface area contributed by atoms with Gasteiger partial charge in [0.1, 0.15) is 11.5 Å². The van der Waals surface area contributed by atoms with Crippen LogP contribution in [0.25, 0.3) is 0 Å². The molecule has 0 N–H and O–H groups in total. The van der Waals surface area contributed by atoms with Crippen molar-refractivity contribution in [2.45, 2.75) is 155 Å². The highest BCUT2D eigenvalue weighted by Gasteiger charge is 2.07. The molecule has 0 aromatic carbocycles. The van der Waals surface area contributed by atoms with E-state index in [0.717, 1.165) is 25.7 Å². The van der Waals surface area contributed by atoms with Gasteiger partial charge in [-0.25, -0.2) is 0 Å². The molecule has 0 saturated heterocycles.